The van der Waals surface area contributed by atoms with Crippen LogP contribution in [0.2, 0.25) is 0 Å². The van der Waals surface area contributed by atoms with Crippen LogP contribution in [0, 0.1) is 0 Å². The average Bonchev–Trinajstić information content (AvgIpc) is 3.12. The molecule has 1 unspecified atom stereocenters. The zero-order valence-electron chi connectivity index (χ0n) is 20.2. The van der Waals surface area contributed by atoms with Gasteiger partial charge in [0.1, 0.15) is 11.3 Å². The fourth-order valence-electron chi connectivity index (χ4n) is 4.20. The Bertz CT molecular complexity index is 1270. The van der Waals surface area contributed by atoms with Gasteiger partial charge in [-0.15, -0.1) is 0 Å². The number of carbonyl (C=O) groups excluding carboxylic acids is 1. The number of benzene rings is 2. The number of rotatable bonds is 9. The topological polar surface area (TPSA) is 81.5 Å². The van der Waals surface area contributed by atoms with Crippen molar-refractivity contribution in [1.82, 2.24) is 9.80 Å². The van der Waals surface area contributed by atoms with Crippen LogP contribution in [0.3, 0.4) is 0 Å². The maximum atomic E-state index is 13.6. The molecule has 8 heteroatoms. The van der Waals surface area contributed by atoms with Gasteiger partial charge < -0.3 is 28.4 Å². The summed E-state index contributed by atoms with van der Waals surface area (Å²) in [4.78, 5) is 30.8. The first kappa shape index (κ1) is 23.6. The van der Waals surface area contributed by atoms with Gasteiger partial charge in [0.15, 0.2) is 16.9 Å². The molecule has 2 heterocycles. The molecule has 34 heavy (non-hydrogen) atoms. The van der Waals surface area contributed by atoms with Crippen molar-refractivity contribution in [3.8, 4) is 17.2 Å². The Kier molecular flexibility index (Phi) is 6.79. The van der Waals surface area contributed by atoms with E-state index in [1.165, 1.54) is 7.11 Å². The Morgan fingerprint density at radius 3 is 2.50 bits per heavy atom. The van der Waals surface area contributed by atoms with E-state index in [-0.39, 0.29) is 17.1 Å². The highest BCUT2D eigenvalue weighted by atomic mass is 16.5. The summed E-state index contributed by atoms with van der Waals surface area (Å²) in [5, 5.41) is 0.404. The summed E-state index contributed by atoms with van der Waals surface area (Å²) in [6.07, 6.45) is 0.868. The summed E-state index contributed by atoms with van der Waals surface area (Å²) < 4.78 is 22.6. The van der Waals surface area contributed by atoms with Gasteiger partial charge >= 0.3 is 0 Å². The zero-order chi connectivity index (χ0) is 24.4. The van der Waals surface area contributed by atoms with Crippen LogP contribution in [-0.4, -0.2) is 63.7 Å². The molecule has 1 aliphatic rings. The van der Waals surface area contributed by atoms with Gasteiger partial charge in [-0.05, 0) is 50.3 Å². The minimum atomic E-state index is -0.598. The van der Waals surface area contributed by atoms with E-state index >= 15 is 0 Å². The van der Waals surface area contributed by atoms with E-state index in [2.05, 4.69) is 0 Å². The van der Waals surface area contributed by atoms with Gasteiger partial charge in [0.05, 0.1) is 37.8 Å². The summed E-state index contributed by atoms with van der Waals surface area (Å²) in [5.74, 6) is 1.48. The summed E-state index contributed by atoms with van der Waals surface area (Å²) in [6.45, 7) is 3.65. The molecular weight excluding hydrogens is 436 g/mol. The molecule has 0 aliphatic carbocycles. The monoisotopic (exact) mass is 466 g/mol. The predicted molar refractivity (Wildman–Crippen MR) is 129 cm³/mol. The molecule has 0 radical (unpaired) electrons. The van der Waals surface area contributed by atoms with Gasteiger partial charge in [0.25, 0.3) is 5.91 Å². The molecule has 2 aromatic carbocycles. The van der Waals surface area contributed by atoms with Crippen LogP contribution in [0.4, 0.5) is 0 Å². The second-order valence-corrected chi connectivity index (χ2v) is 8.50. The van der Waals surface area contributed by atoms with Crippen molar-refractivity contribution in [1.29, 1.82) is 0 Å². The standard InChI is InChI=1S/C26H30N2O6/c1-6-13-33-19-10-7-16(14-21(19)32-5)23-22-24(29)18-9-8-17(31-4)15-20(18)34-25(22)26(30)28(23)12-11-27(2)3/h7-10,14-15,23H,6,11-13H2,1-5H3. The zero-order valence-corrected chi connectivity index (χ0v) is 20.2. The number of hydrogen-bond acceptors (Lipinski definition) is 7. The summed E-state index contributed by atoms with van der Waals surface area (Å²) in [6, 6.07) is 9.95. The van der Waals surface area contributed by atoms with Crippen LogP contribution < -0.4 is 19.6 Å². The highest BCUT2D eigenvalue weighted by Gasteiger charge is 2.42. The van der Waals surface area contributed by atoms with E-state index in [1.807, 2.05) is 44.1 Å². The minimum Gasteiger partial charge on any atom is -0.497 e. The first-order chi connectivity index (χ1) is 16.4. The molecule has 3 aromatic rings. The van der Waals surface area contributed by atoms with Gasteiger partial charge in [-0.25, -0.2) is 0 Å². The van der Waals surface area contributed by atoms with E-state index in [0.717, 1.165) is 12.0 Å². The molecule has 1 aromatic heterocycles. The first-order valence-electron chi connectivity index (χ1n) is 11.3. The highest BCUT2D eigenvalue weighted by Crippen LogP contribution is 2.41. The predicted octanol–water partition coefficient (Wildman–Crippen LogP) is 3.71. The molecule has 0 bridgehead atoms. The van der Waals surface area contributed by atoms with Gasteiger partial charge in [-0.1, -0.05) is 13.0 Å². The fraction of sp³-hybridized carbons (Fsp3) is 0.385. The van der Waals surface area contributed by atoms with Crippen molar-refractivity contribution < 1.29 is 23.4 Å². The number of fused-ring (bicyclic) bond motifs is 2. The maximum absolute atomic E-state index is 13.6. The highest BCUT2D eigenvalue weighted by molar-refractivity contribution is 5.99. The minimum absolute atomic E-state index is 0.0692. The van der Waals surface area contributed by atoms with Crippen LogP contribution in [0.15, 0.2) is 45.6 Å². The summed E-state index contributed by atoms with van der Waals surface area (Å²) >= 11 is 0. The summed E-state index contributed by atoms with van der Waals surface area (Å²) in [5.41, 5.74) is 1.19. The maximum Gasteiger partial charge on any atom is 0.290 e. The van der Waals surface area contributed by atoms with E-state index in [0.29, 0.717) is 53.5 Å². The smallest absolute Gasteiger partial charge is 0.290 e. The molecule has 8 nitrogen and oxygen atoms in total. The van der Waals surface area contributed by atoms with Crippen LogP contribution in [0.5, 0.6) is 17.2 Å². The Morgan fingerprint density at radius 2 is 1.82 bits per heavy atom. The van der Waals surface area contributed by atoms with Gasteiger partial charge in [0, 0.05) is 19.2 Å². The van der Waals surface area contributed by atoms with E-state index in [1.54, 1.807) is 30.2 Å². The van der Waals surface area contributed by atoms with Crippen molar-refractivity contribution >= 4 is 16.9 Å². The lowest BCUT2D eigenvalue weighted by Crippen LogP contribution is -2.35. The van der Waals surface area contributed by atoms with E-state index in [9.17, 15) is 9.59 Å². The number of methoxy groups -OCH3 is 2. The number of likely N-dealkylation sites (N-methyl/N-ethyl adjacent to an activating group) is 1. The van der Waals surface area contributed by atoms with Crippen molar-refractivity contribution in [3.63, 3.8) is 0 Å². The first-order valence-corrected chi connectivity index (χ1v) is 11.3. The molecular formula is C26H30N2O6. The molecule has 1 amide bonds. The molecule has 0 saturated heterocycles. The molecule has 0 N–H and O–H groups in total. The van der Waals surface area contributed by atoms with E-state index in [4.69, 9.17) is 18.6 Å². The summed E-state index contributed by atoms with van der Waals surface area (Å²) in [7, 11) is 6.99. The van der Waals surface area contributed by atoms with Gasteiger partial charge in [-0.3, -0.25) is 9.59 Å². The van der Waals surface area contributed by atoms with Gasteiger partial charge in [0.2, 0.25) is 5.76 Å². The van der Waals surface area contributed by atoms with Crippen LogP contribution in [0.1, 0.15) is 41.1 Å². The van der Waals surface area contributed by atoms with Gasteiger partial charge in [-0.2, -0.15) is 0 Å². The molecule has 1 aliphatic heterocycles. The molecule has 180 valence electrons. The number of carbonyl (C=O) groups is 1. The lowest BCUT2D eigenvalue weighted by molar-refractivity contribution is 0.0716. The Morgan fingerprint density at radius 1 is 1.03 bits per heavy atom. The molecule has 0 spiro atoms. The third kappa shape index (κ3) is 4.21. The number of hydrogen-bond donors (Lipinski definition) is 0. The third-order valence-electron chi connectivity index (χ3n) is 5.93. The molecule has 0 saturated carbocycles. The van der Waals surface area contributed by atoms with Crippen LogP contribution >= 0.6 is 0 Å². The number of ether oxygens (including phenoxy) is 3. The van der Waals surface area contributed by atoms with Crippen LogP contribution in [0.25, 0.3) is 11.0 Å². The van der Waals surface area contributed by atoms with Crippen molar-refractivity contribution in [2.24, 2.45) is 0 Å². The lowest BCUT2D eigenvalue weighted by Gasteiger charge is -2.27. The quantitative estimate of drug-likeness (QED) is 0.476. The molecule has 1 atom stereocenters. The van der Waals surface area contributed by atoms with Crippen molar-refractivity contribution in [3.05, 3.63) is 63.5 Å². The average molecular weight is 467 g/mol. The molecule has 0 fully saturated rings. The Balaban J connectivity index is 1.88. The second kappa shape index (κ2) is 9.77. The van der Waals surface area contributed by atoms with Crippen LogP contribution in [-0.2, 0) is 0 Å². The number of nitrogens with zero attached hydrogens (tertiary/aromatic N) is 2. The lowest BCUT2D eigenvalue weighted by atomic mass is 9.98. The van der Waals surface area contributed by atoms with Crippen molar-refractivity contribution in [2.45, 2.75) is 19.4 Å². The normalized spacial score (nSPS) is 15.2. The largest absolute Gasteiger partial charge is 0.497 e. The second-order valence-electron chi connectivity index (χ2n) is 8.50. The Hall–Kier alpha value is -3.52. The molecule has 4 rings (SSSR count). The van der Waals surface area contributed by atoms with Crippen molar-refractivity contribution in [2.75, 3.05) is 48.0 Å². The third-order valence-corrected chi connectivity index (χ3v) is 5.93. The van der Waals surface area contributed by atoms with E-state index < -0.39 is 6.04 Å². The fourth-order valence-corrected chi connectivity index (χ4v) is 4.20. The Labute approximate surface area is 198 Å². The number of amides is 1. The SMILES string of the molecule is CCCOc1ccc(C2c3c(oc4cc(OC)ccc4c3=O)C(=O)N2CCN(C)C)cc1OC.